The molecule has 0 heterocycles. The van der Waals surface area contributed by atoms with Gasteiger partial charge < -0.3 is 0 Å². The molecule has 0 nitrogen and oxygen atoms in total. The molecule has 110 valence electrons. The minimum Gasteiger partial charge on any atom is -0.0654 e. The molecule has 0 saturated heterocycles. The molecule has 0 spiro atoms. The fraction of sp³-hybridized carbons (Fsp3) is 1.00. The first kappa shape index (κ1) is 18.0. The molecular weight excluding hydrogens is 216 g/mol. The van der Waals surface area contributed by atoms with E-state index in [4.69, 9.17) is 0 Å². The topological polar surface area (TPSA) is 0 Å². The monoisotopic (exact) mass is 254 g/mol. The van der Waals surface area contributed by atoms with Crippen molar-refractivity contribution in [2.24, 2.45) is 10.8 Å². The normalized spacial score (nSPS) is 18.3. The molecular formula is C18H38. The Bertz CT molecular complexity index is 174. The Hall–Kier alpha value is 0. The molecule has 0 aromatic heterocycles. The van der Waals surface area contributed by atoms with Crippen LogP contribution < -0.4 is 0 Å². The van der Waals surface area contributed by atoms with Crippen molar-refractivity contribution in [2.45, 2.75) is 106 Å². The molecule has 0 bridgehead atoms. The number of hydrogen-bond acceptors (Lipinski definition) is 0. The van der Waals surface area contributed by atoms with Gasteiger partial charge in [-0.2, -0.15) is 0 Å². The smallest absolute Gasteiger partial charge is 0.0272 e. The van der Waals surface area contributed by atoms with Gasteiger partial charge in [-0.3, -0.25) is 0 Å². The maximum absolute atomic E-state index is 2.58. The van der Waals surface area contributed by atoms with Crippen LogP contribution in [0.3, 0.4) is 0 Å². The van der Waals surface area contributed by atoms with E-state index in [1.54, 1.807) is 0 Å². The highest BCUT2D eigenvalue weighted by Crippen LogP contribution is 2.52. The van der Waals surface area contributed by atoms with Crippen LogP contribution >= 0.6 is 0 Å². The lowest BCUT2D eigenvalue weighted by atomic mass is 9.57. The van der Waals surface area contributed by atoms with E-state index in [0.29, 0.717) is 10.8 Å². The van der Waals surface area contributed by atoms with E-state index in [9.17, 15) is 0 Å². The van der Waals surface area contributed by atoms with Gasteiger partial charge in [0.25, 0.3) is 0 Å². The van der Waals surface area contributed by atoms with Crippen molar-refractivity contribution < 1.29 is 0 Å². The van der Waals surface area contributed by atoms with Crippen LogP contribution in [0.25, 0.3) is 0 Å². The molecule has 0 rings (SSSR count). The Labute approximate surface area is 117 Å². The molecule has 0 heteroatoms. The molecule has 0 aliphatic carbocycles. The Morgan fingerprint density at radius 2 is 0.833 bits per heavy atom. The van der Waals surface area contributed by atoms with Gasteiger partial charge in [0.15, 0.2) is 0 Å². The standard InChI is InChI=1S/C18H38/c1-7-11-15-17(5,13-9-3)18(6,14-10-4)16-12-8-2/h7-16H2,1-6H3. The van der Waals surface area contributed by atoms with Crippen LogP contribution in [-0.2, 0) is 0 Å². The van der Waals surface area contributed by atoms with E-state index in [1.807, 2.05) is 0 Å². The molecule has 0 radical (unpaired) electrons. The highest BCUT2D eigenvalue weighted by atomic mass is 14.5. The average Bonchev–Trinajstić information content (AvgIpc) is 2.34. The zero-order chi connectivity index (χ0) is 14.1. The van der Waals surface area contributed by atoms with Gasteiger partial charge in [0.2, 0.25) is 0 Å². The zero-order valence-corrected chi connectivity index (χ0v) is 14.1. The summed E-state index contributed by atoms with van der Waals surface area (Å²) in [6.07, 6.45) is 13.8. The predicted octanol–water partition coefficient (Wildman–Crippen LogP) is 6.98. The van der Waals surface area contributed by atoms with Gasteiger partial charge in [0.05, 0.1) is 0 Å². The maximum Gasteiger partial charge on any atom is -0.0272 e. The molecule has 0 aliphatic heterocycles. The van der Waals surface area contributed by atoms with Gasteiger partial charge in [-0.1, -0.05) is 80.1 Å². The summed E-state index contributed by atoms with van der Waals surface area (Å²) < 4.78 is 0. The van der Waals surface area contributed by atoms with Gasteiger partial charge in [0, 0.05) is 0 Å². The first-order chi connectivity index (χ1) is 8.49. The van der Waals surface area contributed by atoms with Gasteiger partial charge in [-0.05, 0) is 36.5 Å². The third-order valence-corrected chi connectivity index (χ3v) is 5.22. The summed E-state index contributed by atoms with van der Waals surface area (Å²) in [4.78, 5) is 0. The summed E-state index contributed by atoms with van der Waals surface area (Å²) in [5.74, 6) is 0. The summed E-state index contributed by atoms with van der Waals surface area (Å²) in [6.45, 7) is 14.5. The van der Waals surface area contributed by atoms with Gasteiger partial charge in [0.1, 0.15) is 0 Å². The largest absolute Gasteiger partial charge is 0.0654 e. The highest BCUT2D eigenvalue weighted by Gasteiger charge is 2.41. The van der Waals surface area contributed by atoms with Crippen LogP contribution in [0.2, 0.25) is 0 Å². The lowest BCUT2D eigenvalue weighted by Gasteiger charge is -2.48. The first-order valence-electron chi connectivity index (χ1n) is 8.49. The van der Waals surface area contributed by atoms with Crippen LogP contribution in [0.1, 0.15) is 106 Å². The van der Waals surface area contributed by atoms with Crippen molar-refractivity contribution in [2.75, 3.05) is 0 Å². The molecule has 0 aliphatic rings. The van der Waals surface area contributed by atoms with Crippen molar-refractivity contribution in [3.05, 3.63) is 0 Å². The van der Waals surface area contributed by atoms with E-state index < -0.39 is 0 Å². The second-order valence-corrected chi connectivity index (χ2v) is 6.83. The Morgan fingerprint density at radius 3 is 1.06 bits per heavy atom. The SMILES string of the molecule is CCCCC(C)(CCC)C(C)(CCC)CCCC. The molecule has 0 aromatic rings. The molecule has 18 heavy (non-hydrogen) atoms. The summed E-state index contributed by atoms with van der Waals surface area (Å²) in [5, 5.41) is 0. The van der Waals surface area contributed by atoms with Gasteiger partial charge >= 0.3 is 0 Å². The fourth-order valence-corrected chi connectivity index (χ4v) is 3.69. The Balaban J connectivity index is 4.92. The third kappa shape index (κ3) is 4.94. The van der Waals surface area contributed by atoms with Crippen LogP contribution in [0.4, 0.5) is 0 Å². The zero-order valence-electron chi connectivity index (χ0n) is 14.1. The Morgan fingerprint density at radius 1 is 0.500 bits per heavy atom. The molecule has 0 aromatic carbocycles. The highest BCUT2D eigenvalue weighted by molar-refractivity contribution is 4.92. The van der Waals surface area contributed by atoms with Crippen molar-refractivity contribution in [1.82, 2.24) is 0 Å². The first-order valence-corrected chi connectivity index (χ1v) is 8.49. The second-order valence-electron chi connectivity index (χ2n) is 6.83. The number of rotatable bonds is 11. The van der Waals surface area contributed by atoms with E-state index in [1.165, 1.54) is 64.2 Å². The van der Waals surface area contributed by atoms with E-state index in [2.05, 4.69) is 41.5 Å². The minimum absolute atomic E-state index is 0.558. The van der Waals surface area contributed by atoms with E-state index >= 15 is 0 Å². The van der Waals surface area contributed by atoms with E-state index in [-0.39, 0.29) is 0 Å². The van der Waals surface area contributed by atoms with Crippen LogP contribution in [0, 0.1) is 10.8 Å². The van der Waals surface area contributed by atoms with Crippen molar-refractivity contribution >= 4 is 0 Å². The lowest BCUT2D eigenvalue weighted by molar-refractivity contribution is 0.0251. The third-order valence-electron chi connectivity index (χ3n) is 5.22. The van der Waals surface area contributed by atoms with Crippen molar-refractivity contribution in [3.8, 4) is 0 Å². The van der Waals surface area contributed by atoms with Crippen molar-refractivity contribution in [3.63, 3.8) is 0 Å². The van der Waals surface area contributed by atoms with Crippen LogP contribution in [-0.4, -0.2) is 0 Å². The number of hydrogen-bond donors (Lipinski definition) is 0. The molecule has 0 saturated carbocycles. The average molecular weight is 255 g/mol. The predicted molar refractivity (Wildman–Crippen MR) is 85.1 cm³/mol. The lowest BCUT2D eigenvalue weighted by Crippen LogP contribution is -2.38. The van der Waals surface area contributed by atoms with Crippen LogP contribution in [0.15, 0.2) is 0 Å². The Kier molecular flexibility index (Phi) is 8.99. The molecule has 2 unspecified atom stereocenters. The quantitative estimate of drug-likeness (QED) is 0.373. The molecule has 0 amide bonds. The summed E-state index contributed by atoms with van der Waals surface area (Å²) in [7, 11) is 0. The molecule has 0 fully saturated rings. The van der Waals surface area contributed by atoms with E-state index in [0.717, 1.165) is 0 Å². The second kappa shape index (κ2) is 8.99. The summed E-state index contributed by atoms with van der Waals surface area (Å²) >= 11 is 0. The van der Waals surface area contributed by atoms with Gasteiger partial charge in [-0.15, -0.1) is 0 Å². The summed E-state index contributed by atoms with van der Waals surface area (Å²) in [6, 6.07) is 0. The fourth-order valence-electron chi connectivity index (χ4n) is 3.69. The van der Waals surface area contributed by atoms with Crippen LogP contribution in [0.5, 0.6) is 0 Å². The van der Waals surface area contributed by atoms with Gasteiger partial charge in [-0.25, -0.2) is 0 Å². The van der Waals surface area contributed by atoms with Crippen molar-refractivity contribution in [1.29, 1.82) is 0 Å². The molecule has 2 atom stereocenters. The molecule has 0 N–H and O–H groups in total. The number of unbranched alkanes of at least 4 members (excludes halogenated alkanes) is 2. The summed E-state index contributed by atoms with van der Waals surface area (Å²) in [5.41, 5.74) is 1.12. The minimum atomic E-state index is 0.558. The maximum atomic E-state index is 2.58.